The van der Waals surface area contributed by atoms with Gasteiger partial charge in [-0.25, -0.2) is 13.7 Å². The largest absolute Gasteiger partial charge is 0.490 e. The molecule has 0 aromatic rings. The Kier molecular flexibility index (Phi) is 6.60. The number of rotatable bonds is 7. The lowest BCUT2D eigenvalue weighted by Crippen LogP contribution is -2.29. The number of phosphoric ester groups is 1. The summed E-state index contributed by atoms with van der Waals surface area (Å²) in [7, 11) is -10.8. The molecule has 5 N–H and O–H groups in total. The molecule has 0 aromatic carbocycles. The van der Waals surface area contributed by atoms with Crippen LogP contribution in [-0.4, -0.2) is 57.3 Å². The molecule has 1 heterocycles. The highest BCUT2D eigenvalue weighted by Crippen LogP contribution is 2.66. The molecule has 0 saturated carbocycles. The summed E-state index contributed by atoms with van der Waals surface area (Å²) in [6, 6.07) is -0.843. The van der Waals surface area contributed by atoms with Gasteiger partial charge in [-0.2, -0.15) is 8.62 Å². The fourth-order valence-electron chi connectivity index (χ4n) is 1.55. The van der Waals surface area contributed by atoms with Crippen molar-refractivity contribution >= 4 is 31.3 Å². The molecule has 1 rings (SSSR count). The van der Waals surface area contributed by atoms with E-state index in [2.05, 4.69) is 13.1 Å². The molecule has 12 nitrogen and oxygen atoms in total. The quantitative estimate of drug-likeness (QED) is 0.273. The normalized spacial score (nSPS) is 35.0. The Bertz CT molecular complexity index is 533. The average Bonchev–Trinajstić information content (AvgIpc) is 2.49. The second-order valence-electron chi connectivity index (χ2n) is 4.38. The second-order valence-corrected chi connectivity index (χ2v) is 8.80. The molecule has 1 fully saturated rings. The van der Waals surface area contributed by atoms with Crippen molar-refractivity contribution in [2.24, 2.45) is 5.92 Å². The van der Waals surface area contributed by atoms with Gasteiger partial charge in [0.05, 0.1) is 12.7 Å². The van der Waals surface area contributed by atoms with E-state index in [1.165, 1.54) is 0 Å². The monoisotopic (exact) mass is 382 g/mol. The van der Waals surface area contributed by atoms with Crippen LogP contribution in [0.2, 0.25) is 0 Å². The van der Waals surface area contributed by atoms with Gasteiger partial charge in [-0.05, 0) is 0 Å². The number of aliphatic hydroxyl groups is 1. The lowest BCUT2D eigenvalue weighted by Gasteiger charge is -2.19. The van der Waals surface area contributed by atoms with Crippen molar-refractivity contribution in [1.29, 1.82) is 0 Å². The van der Waals surface area contributed by atoms with Gasteiger partial charge in [0.2, 0.25) is 0 Å². The maximum Gasteiger partial charge on any atom is 0.490 e. The molecule has 0 aromatic heterocycles. The average molecular weight is 382 g/mol. The predicted molar refractivity (Wildman–Crippen MR) is 69.4 cm³/mol. The highest BCUT2D eigenvalue weighted by molar-refractivity contribution is 7.66. The SMILES string of the molecule is [B][C@@H]1O[C@H](COP(=O)(O)OP(=O)(O)OP(=O)(O)O)[C@H](O)C1C. The molecular formula is C6H14BO12P3. The van der Waals surface area contributed by atoms with Gasteiger partial charge >= 0.3 is 23.5 Å². The maximum atomic E-state index is 11.4. The van der Waals surface area contributed by atoms with Crippen LogP contribution in [0.15, 0.2) is 0 Å². The van der Waals surface area contributed by atoms with Crippen LogP contribution >= 0.6 is 23.5 Å². The summed E-state index contributed by atoms with van der Waals surface area (Å²) in [5.41, 5.74) is 0. The van der Waals surface area contributed by atoms with Gasteiger partial charge in [-0.15, -0.1) is 0 Å². The van der Waals surface area contributed by atoms with E-state index in [-0.39, 0.29) is 0 Å². The van der Waals surface area contributed by atoms with Crippen LogP contribution in [0.1, 0.15) is 6.92 Å². The number of hydrogen-bond acceptors (Lipinski definition) is 8. The first-order chi connectivity index (χ1) is 9.72. The van der Waals surface area contributed by atoms with E-state index >= 15 is 0 Å². The van der Waals surface area contributed by atoms with Crippen molar-refractivity contribution in [3.63, 3.8) is 0 Å². The van der Waals surface area contributed by atoms with Crippen molar-refractivity contribution in [1.82, 2.24) is 0 Å². The summed E-state index contributed by atoms with van der Waals surface area (Å²) in [6.07, 6.45) is -2.22. The van der Waals surface area contributed by atoms with Crippen molar-refractivity contribution in [3.8, 4) is 0 Å². The van der Waals surface area contributed by atoms with Crippen molar-refractivity contribution in [2.45, 2.75) is 25.1 Å². The molecule has 22 heavy (non-hydrogen) atoms. The lowest BCUT2D eigenvalue weighted by molar-refractivity contribution is -0.00496. The van der Waals surface area contributed by atoms with Crippen LogP contribution in [0.5, 0.6) is 0 Å². The molecule has 6 atom stereocenters. The van der Waals surface area contributed by atoms with E-state index in [0.717, 1.165) is 0 Å². The molecule has 0 aliphatic carbocycles. The molecule has 0 amide bonds. The number of hydrogen-bond donors (Lipinski definition) is 5. The van der Waals surface area contributed by atoms with Crippen LogP contribution < -0.4 is 0 Å². The molecule has 1 aliphatic heterocycles. The first-order valence-electron chi connectivity index (χ1n) is 5.60. The standard InChI is InChI=1S/C6H14BO12P3/c1-3-5(8)4(17-6(3)7)2-16-21(12,13)19-22(14,15)18-20(9,10)11/h3-6,8H,2H2,1H3,(H,12,13)(H,14,15)(H2,9,10,11)/t3?,4-,5-,6-/m1/s1. The fourth-order valence-corrected chi connectivity index (χ4v) is 4.58. The van der Waals surface area contributed by atoms with Crippen LogP contribution in [0.3, 0.4) is 0 Å². The molecule has 0 spiro atoms. The lowest BCUT2D eigenvalue weighted by atomic mass is 9.86. The van der Waals surface area contributed by atoms with Gasteiger partial charge in [-0.1, -0.05) is 6.92 Å². The smallest absolute Gasteiger partial charge is 0.390 e. The first kappa shape index (κ1) is 20.4. The van der Waals surface area contributed by atoms with E-state index in [0.29, 0.717) is 0 Å². The fraction of sp³-hybridized carbons (Fsp3) is 1.00. The first-order valence-corrected chi connectivity index (χ1v) is 10.1. The predicted octanol–water partition coefficient (Wildman–Crippen LogP) is -0.780. The van der Waals surface area contributed by atoms with Gasteiger partial charge in [0.25, 0.3) is 0 Å². The zero-order chi connectivity index (χ0) is 17.3. The highest BCUT2D eigenvalue weighted by Gasteiger charge is 2.43. The molecular weight excluding hydrogens is 368 g/mol. The minimum Gasteiger partial charge on any atom is -0.390 e. The summed E-state index contributed by atoms with van der Waals surface area (Å²) in [4.78, 5) is 34.8. The minimum absolute atomic E-state index is 0.491. The zero-order valence-electron chi connectivity index (χ0n) is 11.0. The Balaban J connectivity index is 2.60. The van der Waals surface area contributed by atoms with Gasteiger partial charge < -0.3 is 29.4 Å². The van der Waals surface area contributed by atoms with E-state index in [1.807, 2.05) is 0 Å². The summed E-state index contributed by atoms with van der Waals surface area (Å²) in [5, 5.41) is 9.68. The van der Waals surface area contributed by atoms with Crippen molar-refractivity contribution in [2.75, 3.05) is 6.61 Å². The minimum atomic E-state index is -5.57. The van der Waals surface area contributed by atoms with Gasteiger partial charge in [0, 0.05) is 11.9 Å². The molecule has 2 radical (unpaired) electrons. The van der Waals surface area contributed by atoms with Crippen molar-refractivity contribution in [3.05, 3.63) is 0 Å². The zero-order valence-corrected chi connectivity index (χ0v) is 13.7. The van der Waals surface area contributed by atoms with Gasteiger partial charge in [0.15, 0.2) is 0 Å². The van der Waals surface area contributed by atoms with E-state index < -0.39 is 54.2 Å². The number of aliphatic hydroxyl groups excluding tert-OH is 1. The number of ether oxygens (including phenoxy) is 1. The van der Waals surface area contributed by atoms with Gasteiger partial charge in [0.1, 0.15) is 14.0 Å². The molecule has 0 bridgehead atoms. The third-order valence-corrected chi connectivity index (χ3v) is 6.39. The number of phosphoric acid groups is 3. The molecule has 1 saturated heterocycles. The summed E-state index contributed by atoms with van der Waals surface area (Å²) < 4.78 is 49.3. The Morgan fingerprint density at radius 2 is 1.64 bits per heavy atom. The van der Waals surface area contributed by atoms with E-state index in [4.69, 9.17) is 27.3 Å². The third kappa shape index (κ3) is 6.49. The van der Waals surface area contributed by atoms with Crippen molar-refractivity contribution < 1.29 is 56.3 Å². The summed E-state index contributed by atoms with van der Waals surface area (Å²) in [5.74, 6) is -0.491. The molecule has 128 valence electrons. The highest BCUT2D eigenvalue weighted by atomic mass is 31.3. The van der Waals surface area contributed by atoms with Gasteiger partial charge in [-0.3, -0.25) is 4.52 Å². The summed E-state index contributed by atoms with van der Waals surface area (Å²) >= 11 is 0. The van der Waals surface area contributed by atoms with Crippen LogP contribution in [-0.2, 0) is 31.6 Å². The Morgan fingerprint density at radius 3 is 2.05 bits per heavy atom. The van der Waals surface area contributed by atoms with E-state index in [9.17, 15) is 23.7 Å². The van der Waals surface area contributed by atoms with Crippen LogP contribution in [0.4, 0.5) is 0 Å². The van der Waals surface area contributed by atoms with Crippen LogP contribution in [0, 0.1) is 5.92 Å². The second kappa shape index (κ2) is 7.10. The Labute approximate surface area is 126 Å². The maximum absolute atomic E-state index is 11.4. The van der Waals surface area contributed by atoms with Crippen LogP contribution in [0.25, 0.3) is 0 Å². The molecule has 3 unspecified atom stereocenters. The molecule has 1 aliphatic rings. The summed E-state index contributed by atoms with van der Waals surface area (Å²) in [6.45, 7) is 0.822. The Morgan fingerprint density at radius 1 is 1.09 bits per heavy atom. The third-order valence-electron chi connectivity index (χ3n) is 2.59. The van der Waals surface area contributed by atoms with E-state index in [1.54, 1.807) is 6.92 Å². The Hall–Kier alpha value is 0.395. The topological polar surface area (TPSA) is 189 Å². The molecule has 16 heteroatoms.